The second-order valence-corrected chi connectivity index (χ2v) is 6.74. The number of halogens is 5. The molecule has 114 valence electrons. The third-order valence-corrected chi connectivity index (χ3v) is 3.33. The predicted molar refractivity (Wildman–Crippen MR) is 69.3 cm³/mol. The molecule has 1 rings (SSSR count). The van der Waals surface area contributed by atoms with E-state index in [9.17, 15) is 19.4 Å². The average molecular weight is 306 g/mol. The van der Waals surface area contributed by atoms with Crippen molar-refractivity contribution in [2.45, 2.75) is 38.0 Å². The van der Waals surface area contributed by atoms with Crippen LogP contribution >= 0.6 is 10.2 Å². The number of hydrogen-bond acceptors (Lipinski definition) is 1. The molecule has 1 unspecified atom stereocenters. The first-order chi connectivity index (χ1) is 8.35. The molecule has 1 aromatic rings. The quantitative estimate of drug-likeness (QED) is 0.694. The summed E-state index contributed by atoms with van der Waals surface area (Å²) < 4.78 is 61.6. The lowest BCUT2D eigenvalue weighted by molar-refractivity contribution is 0.273. The summed E-state index contributed by atoms with van der Waals surface area (Å²) in [5.41, 5.74) is 0.383. The second kappa shape index (κ2) is 5.28. The molecule has 0 heterocycles. The smallest absolute Gasteiger partial charge is 0.310 e. The van der Waals surface area contributed by atoms with Gasteiger partial charge in [-0.05, 0) is 17.7 Å². The maximum atomic E-state index is 12.3. The van der Waals surface area contributed by atoms with Crippen LogP contribution in [0, 0.1) is 0 Å². The molecule has 0 aliphatic heterocycles. The molecule has 1 atom stereocenters. The molecule has 0 saturated heterocycles. The van der Waals surface area contributed by atoms with Crippen molar-refractivity contribution in [3.05, 3.63) is 29.8 Å². The number of benzene rings is 1. The Morgan fingerprint density at radius 1 is 1.00 bits per heavy atom. The Kier molecular flexibility index (Phi) is 5.05. The first kappa shape index (κ1) is 18.2. The zero-order valence-electron chi connectivity index (χ0n) is 11.0. The summed E-state index contributed by atoms with van der Waals surface area (Å²) in [7, 11) is -9.56. The van der Waals surface area contributed by atoms with Crippen molar-refractivity contribution < 1.29 is 24.5 Å². The highest BCUT2D eigenvalue weighted by Crippen LogP contribution is 3.02. The summed E-state index contributed by atoms with van der Waals surface area (Å²) in [4.78, 5) is -1.91. The zero-order valence-corrected chi connectivity index (χ0v) is 11.9. The number of aliphatic hydroxyl groups is 1. The standard InChI is InChI=1S/C9H11F5OS.C3H8/c1-7(6-15)8-2-4-9(5-3-8)16(10,11,12,13)14;1-3-2/h2-5,7,15H,6H2,1H3;3H2,1-2H3. The normalized spacial score (nSPS) is 16.7. The number of rotatable bonds is 3. The van der Waals surface area contributed by atoms with Gasteiger partial charge in [0.2, 0.25) is 0 Å². The van der Waals surface area contributed by atoms with E-state index in [1.165, 1.54) is 6.42 Å². The molecule has 1 N–H and O–H groups in total. The second-order valence-electron chi connectivity index (χ2n) is 4.33. The minimum absolute atomic E-state index is 0.254. The average Bonchev–Trinajstić information content (AvgIpc) is 2.26. The SMILES string of the molecule is CC(CO)c1ccc(S(F)(F)(F)(F)F)cc1.CCC. The van der Waals surface area contributed by atoms with Crippen molar-refractivity contribution in [1.82, 2.24) is 0 Å². The van der Waals surface area contributed by atoms with Crippen LogP contribution in [0.5, 0.6) is 0 Å². The van der Waals surface area contributed by atoms with Crippen molar-refractivity contribution in [2.24, 2.45) is 0 Å². The molecule has 0 spiro atoms. The van der Waals surface area contributed by atoms with Crippen LogP contribution < -0.4 is 0 Å². The molecule has 1 nitrogen and oxygen atoms in total. The zero-order chi connectivity index (χ0) is 15.4. The van der Waals surface area contributed by atoms with Gasteiger partial charge in [0.05, 0.1) is 0 Å². The van der Waals surface area contributed by atoms with E-state index < -0.39 is 15.1 Å². The Hall–Kier alpha value is -0.820. The lowest BCUT2D eigenvalue weighted by Gasteiger charge is -2.40. The van der Waals surface area contributed by atoms with Crippen LogP contribution in [0.25, 0.3) is 0 Å². The van der Waals surface area contributed by atoms with E-state index in [1.54, 1.807) is 6.92 Å². The minimum atomic E-state index is -9.56. The minimum Gasteiger partial charge on any atom is -0.396 e. The van der Waals surface area contributed by atoms with Gasteiger partial charge in [-0.25, -0.2) is 0 Å². The van der Waals surface area contributed by atoms with E-state index in [1.807, 2.05) is 0 Å². The molecule has 0 radical (unpaired) electrons. The Balaban J connectivity index is 0.000000982. The van der Waals surface area contributed by atoms with E-state index >= 15 is 0 Å². The van der Waals surface area contributed by atoms with E-state index in [4.69, 9.17) is 5.11 Å². The fraction of sp³-hybridized carbons (Fsp3) is 0.500. The van der Waals surface area contributed by atoms with Crippen LogP contribution in [0.15, 0.2) is 29.2 Å². The summed E-state index contributed by atoms with van der Waals surface area (Å²) in [6.07, 6.45) is 1.25. The van der Waals surface area contributed by atoms with Crippen molar-refractivity contribution in [3.63, 3.8) is 0 Å². The van der Waals surface area contributed by atoms with E-state index in [2.05, 4.69) is 13.8 Å². The van der Waals surface area contributed by atoms with Crippen LogP contribution in [0.1, 0.15) is 38.7 Å². The van der Waals surface area contributed by atoms with Crippen LogP contribution in [-0.2, 0) is 0 Å². The molecule has 0 aliphatic carbocycles. The van der Waals surface area contributed by atoms with Gasteiger partial charge >= 0.3 is 10.2 Å². The summed E-state index contributed by atoms with van der Waals surface area (Å²) >= 11 is 0. The van der Waals surface area contributed by atoms with Gasteiger partial charge in [0.15, 0.2) is 0 Å². The molecule has 1 aromatic carbocycles. The maximum Gasteiger partial charge on any atom is 0.310 e. The van der Waals surface area contributed by atoms with E-state index in [0.29, 0.717) is 17.7 Å². The van der Waals surface area contributed by atoms with Crippen molar-refractivity contribution in [3.8, 4) is 0 Å². The highest BCUT2D eigenvalue weighted by Gasteiger charge is 2.65. The maximum absolute atomic E-state index is 12.3. The molecule has 0 amide bonds. The largest absolute Gasteiger partial charge is 0.396 e. The fourth-order valence-electron chi connectivity index (χ4n) is 1.16. The Morgan fingerprint density at radius 3 is 1.63 bits per heavy atom. The predicted octanol–water partition coefficient (Wildman–Crippen LogP) is 5.86. The molecule has 0 bridgehead atoms. The Bertz CT molecular complexity index is 397. The molecule has 19 heavy (non-hydrogen) atoms. The number of aliphatic hydroxyl groups excluding tert-OH is 1. The molecule has 0 aliphatic rings. The van der Waals surface area contributed by atoms with Gasteiger partial charge in [-0.2, -0.15) is 0 Å². The van der Waals surface area contributed by atoms with Crippen LogP contribution in [0.4, 0.5) is 19.4 Å². The summed E-state index contributed by atoms with van der Waals surface area (Å²) in [6, 6.07) is 2.61. The summed E-state index contributed by atoms with van der Waals surface area (Å²) in [6.45, 7) is 5.57. The topological polar surface area (TPSA) is 20.2 Å². The summed E-state index contributed by atoms with van der Waals surface area (Å²) in [5, 5.41) is 8.76. The highest BCUT2D eigenvalue weighted by molar-refractivity contribution is 8.45. The van der Waals surface area contributed by atoms with Crippen molar-refractivity contribution >= 4 is 10.2 Å². The lowest BCUT2D eigenvalue weighted by Crippen LogP contribution is -2.06. The number of hydrogen-bond donors (Lipinski definition) is 1. The van der Waals surface area contributed by atoms with Gasteiger partial charge in [0.25, 0.3) is 0 Å². The van der Waals surface area contributed by atoms with Gasteiger partial charge in [0, 0.05) is 12.5 Å². The molecule has 0 aromatic heterocycles. The van der Waals surface area contributed by atoms with E-state index in [-0.39, 0.29) is 12.5 Å². The summed E-state index contributed by atoms with van der Waals surface area (Å²) in [5.74, 6) is -0.382. The Morgan fingerprint density at radius 2 is 1.37 bits per heavy atom. The van der Waals surface area contributed by atoms with Gasteiger partial charge < -0.3 is 5.11 Å². The van der Waals surface area contributed by atoms with Gasteiger partial charge in [-0.1, -0.05) is 58.8 Å². The molecular weight excluding hydrogens is 287 g/mol. The van der Waals surface area contributed by atoms with E-state index in [0.717, 1.165) is 12.1 Å². The highest BCUT2D eigenvalue weighted by atomic mass is 32.5. The lowest BCUT2D eigenvalue weighted by atomic mass is 10.0. The van der Waals surface area contributed by atoms with Crippen LogP contribution in [-0.4, -0.2) is 11.7 Å². The van der Waals surface area contributed by atoms with Crippen molar-refractivity contribution in [1.29, 1.82) is 0 Å². The van der Waals surface area contributed by atoms with Gasteiger partial charge in [-0.15, -0.1) is 0 Å². The third-order valence-electron chi connectivity index (χ3n) is 2.17. The fourth-order valence-corrected chi connectivity index (χ4v) is 1.81. The van der Waals surface area contributed by atoms with Gasteiger partial charge in [-0.3, -0.25) is 0 Å². The molecule has 7 heteroatoms. The Labute approximate surface area is 110 Å². The van der Waals surface area contributed by atoms with Crippen LogP contribution in [0.3, 0.4) is 0 Å². The first-order valence-corrected chi connectivity index (χ1v) is 7.75. The van der Waals surface area contributed by atoms with Crippen LogP contribution in [0.2, 0.25) is 0 Å². The molecule has 0 saturated carbocycles. The third kappa shape index (κ3) is 6.24. The van der Waals surface area contributed by atoms with Gasteiger partial charge in [0.1, 0.15) is 4.90 Å². The molecule has 0 fully saturated rings. The van der Waals surface area contributed by atoms with Crippen molar-refractivity contribution in [2.75, 3.05) is 6.61 Å². The monoisotopic (exact) mass is 306 g/mol. The molecular formula is C12H19F5OS. The first-order valence-electron chi connectivity index (χ1n) is 5.80.